The van der Waals surface area contributed by atoms with Gasteiger partial charge >= 0.3 is 7.32 Å². The van der Waals surface area contributed by atoms with Crippen molar-refractivity contribution in [2.24, 2.45) is 11.8 Å². The van der Waals surface area contributed by atoms with E-state index >= 15 is 0 Å². The Morgan fingerprint density at radius 1 is 1.14 bits per heavy atom. The molecule has 2 N–H and O–H groups in total. The van der Waals surface area contributed by atoms with Gasteiger partial charge < -0.3 is 14.7 Å². The summed E-state index contributed by atoms with van der Waals surface area (Å²) in [7, 11) is -1.67. The summed E-state index contributed by atoms with van der Waals surface area (Å²) in [4.78, 5) is 0. The van der Waals surface area contributed by atoms with Gasteiger partial charge in [-0.05, 0) is 18.3 Å². The first-order chi connectivity index (χ1) is 6.36. The van der Waals surface area contributed by atoms with Crippen LogP contribution in [0.2, 0.25) is 0 Å². The van der Waals surface area contributed by atoms with Gasteiger partial charge in [-0.3, -0.25) is 0 Å². The first-order valence-corrected chi connectivity index (χ1v) is 5.40. The summed E-state index contributed by atoms with van der Waals surface area (Å²) in [6, 6.07) is 0. The third kappa shape index (κ3) is 3.26. The normalized spacial score (nSPS) is 12.6. The van der Waals surface area contributed by atoms with Crippen LogP contribution in [-0.4, -0.2) is 23.0 Å². The molecule has 0 heterocycles. The van der Waals surface area contributed by atoms with E-state index in [1.165, 1.54) is 0 Å². The van der Waals surface area contributed by atoms with Crippen LogP contribution in [0, 0.1) is 11.8 Å². The molecule has 0 spiro atoms. The van der Waals surface area contributed by atoms with Crippen LogP contribution in [0.15, 0.2) is 0 Å². The largest absolute Gasteiger partial charge is 0.634 e. The monoisotopic (exact) mass is 202 g/mol. The molecule has 0 aliphatic heterocycles. The van der Waals surface area contributed by atoms with Gasteiger partial charge in [-0.1, -0.05) is 41.0 Å². The molecule has 0 aliphatic rings. The van der Waals surface area contributed by atoms with E-state index in [1.54, 1.807) is 0 Å². The lowest BCUT2D eigenvalue weighted by atomic mass is 9.76. The van der Waals surface area contributed by atoms with Crippen molar-refractivity contribution >= 4 is 7.32 Å². The SMILES string of the molecule is CCCC(OB(O)O)(C(C)C)C(C)C. The van der Waals surface area contributed by atoms with Crippen LogP contribution in [0.1, 0.15) is 47.5 Å². The second-order valence-electron chi connectivity index (χ2n) is 4.46. The molecule has 0 radical (unpaired) electrons. The average molecular weight is 202 g/mol. The van der Waals surface area contributed by atoms with Gasteiger partial charge in [-0.15, -0.1) is 0 Å². The van der Waals surface area contributed by atoms with E-state index in [9.17, 15) is 0 Å². The van der Waals surface area contributed by atoms with Crippen LogP contribution in [-0.2, 0) is 4.65 Å². The van der Waals surface area contributed by atoms with Gasteiger partial charge in [0.1, 0.15) is 0 Å². The Labute approximate surface area is 87.7 Å². The highest BCUT2D eigenvalue weighted by Gasteiger charge is 2.40. The first-order valence-electron chi connectivity index (χ1n) is 5.40. The van der Waals surface area contributed by atoms with Gasteiger partial charge in [0, 0.05) is 0 Å². The molecular formula is C10H23BO3. The molecule has 0 saturated carbocycles. The topological polar surface area (TPSA) is 49.7 Å². The molecular weight excluding hydrogens is 179 g/mol. The standard InChI is InChI=1S/C10H23BO3/c1-6-7-10(8(2)3,9(4)5)14-11(12)13/h8-9,12-13H,6-7H2,1-5H3. The molecule has 0 aliphatic carbocycles. The third-order valence-corrected chi connectivity index (χ3v) is 2.92. The van der Waals surface area contributed by atoms with Gasteiger partial charge in [0.25, 0.3) is 0 Å². The Balaban J connectivity index is 4.74. The summed E-state index contributed by atoms with van der Waals surface area (Å²) >= 11 is 0. The Hall–Kier alpha value is -0.0551. The molecule has 3 nitrogen and oxygen atoms in total. The van der Waals surface area contributed by atoms with Gasteiger partial charge in [0.05, 0.1) is 5.60 Å². The summed E-state index contributed by atoms with van der Waals surface area (Å²) in [5.41, 5.74) is -0.428. The summed E-state index contributed by atoms with van der Waals surface area (Å²) in [5.74, 6) is 0.536. The molecule has 0 aromatic heterocycles. The minimum absolute atomic E-state index is 0.268. The minimum atomic E-state index is -1.67. The van der Waals surface area contributed by atoms with Gasteiger partial charge in [0.15, 0.2) is 0 Å². The maximum absolute atomic E-state index is 8.95. The molecule has 4 heteroatoms. The van der Waals surface area contributed by atoms with Crippen molar-refractivity contribution < 1.29 is 14.7 Å². The lowest BCUT2D eigenvalue weighted by Crippen LogP contribution is -2.47. The molecule has 0 aromatic carbocycles. The Bertz CT molecular complexity index is 149. The molecule has 0 bridgehead atoms. The number of hydrogen-bond donors (Lipinski definition) is 2. The van der Waals surface area contributed by atoms with E-state index < -0.39 is 12.9 Å². The second kappa shape index (κ2) is 5.74. The molecule has 0 unspecified atom stereocenters. The Morgan fingerprint density at radius 2 is 1.57 bits per heavy atom. The van der Waals surface area contributed by atoms with Crippen LogP contribution in [0.4, 0.5) is 0 Å². The van der Waals surface area contributed by atoms with Crippen molar-refractivity contribution in [2.75, 3.05) is 0 Å². The maximum Gasteiger partial charge on any atom is 0.634 e. The van der Waals surface area contributed by atoms with Gasteiger partial charge in [-0.2, -0.15) is 0 Å². The zero-order chi connectivity index (χ0) is 11.4. The van der Waals surface area contributed by atoms with Crippen LogP contribution in [0.5, 0.6) is 0 Å². The zero-order valence-electron chi connectivity index (χ0n) is 9.95. The van der Waals surface area contributed by atoms with Crippen molar-refractivity contribution in [1.82, 2.24) is 0 Å². The van der Waals surface area contributed by atoms with Crippen molar-refractivity contribution in [1.29, 1.82) is 0 Å². The van der Waals surface area contributed by atoms with E-state index in [2.05, 4.69) is 34.6 Å². The summed E-state index contributed by atoms with van der Waals surface area (Å²) < 4.78 is 5.31. The van der Waals surface area contributed by atoms with E-state index in [4.69, 9.17) is 14.7 Å². The van der Waals surface area contributed by atoms with Crippen LogP contribution in [0.25, 0.3) is 0 Å². The summed E-state index contributed by atoms with van der Waals surface area (Å²) in [5, 5.41) is 17.9. The van der Waals surface area contributed by atoms with E-state index in [0.717, 1.165) is 12.8 Å². The predicted octanol–water partition coefficient (Wildman–Crippen LogP) is 1.82. The van der Waals surface area contributed by atoms with Crippen molar-refractivity contribution in [2.45, 2.75) is 53.1 Å². The molecule has 0 atom stereocenters. The molecule has 0 fully saturated rings. The molecule has 0 saturated heterocycles. The highest BCUT2D eigenvalue weighted by Crippen LogP contribution is 2.35. The van der Waals surface area contributed by atoms with Crippen LogP contribution in [0.3, 0.4) is 0 Å². The molecule has 0 aromatic rings. The number of hydrogen-bond acceptors (Lipinski definition) is 3. The number of rotatable bonds is 6. The molecule has 84 valence electrons. The highest BCUT2D eigenvalue weighted by atomic mass is 16.6. The fraction of sp³-hybridized carbons (Fsp3) is 1.00. The van der Waals surface area contributed by atoms with Crippen molar-refractivity contribution in [3.05, 3.63) is 0 Å². The van der Waals surface area contributed by atoms with Gasteiger partial charge in [0.2, 0.25) is 0 Å². The van der Waals surface area contributed by atoms with E-state index in [1.807, 2.05) is 0 Å². The second-order valence-corrected chi connectivity index (χ2v) is 4.46. The lowest BCUT2D eigenvalue weighted by molar-refractivity contribution is -0.0613. The van der Waals surface area contributed by atoms with Crippen LogP contribution < -0.4 is 0 Å². The van der Waals surface area contributed by atoms with Crippen molar-refractivity contribution in [3.63, 3.8) is 0 Å². The smallest absolute Gasteiger partial charge is 0.402 e. The molecule has 14 heavy (non-hydrogen) atoms. The zero-order valence-corrected chi connectivity index (χ0v) is 9.95. The fourth-order valence-electron chi connectivity index (χ4n) is 2.16. The third-order valence-electron chi connectivity index (χ3n) is 2.92. The average Bonchev–Trinajstić information content (AvgIpc) is 2.01. The van der Waals surface area contributed by atoms with Crippen molar-refractivity contribution in [3.8, 4) is 0 Å². The molecule has 0 rings (SSSR count). The van der Waals surface area contributed by atoms with Crippen LogP contribution >= 0.6 is 0 Å². The van der Waals surface area contributed by atoms with E-state index in [0.29, 0.717) is 0 Å². The lowest BCUT2D eigenvalue weighted by Gasteiger charge is -2.41. The fourth-order valence-corrected chi connectivity index (χ4v) is 2.16. The van der Waals surface area contributed by atoms with Gasteiger partial charge in [-0.25, -0.2) is 0 Å². The maximum atomic E-state index is 8.95. The Morgan fingerprint density at radius 3 is 1.79 bits per heavy atom. The minimum Gasteiger partial charge on any atom is -0.402 e. The summed E-state index contributed by atoms with van der Waals surface area (Å²) in [6.07, 6.45) is 1.82. The predicted molar refractivity (Wildman–Crippen MR) is 58.6 cm³/mol. The first kappa shape index (κ1) is 13.9. The molecule has 0 amide bonds. The highest BCUT2D eigenvalue weighted by molar-refractivity contribution is 6.32. The quantitative estimate of drug-likeness (QED) is 0.646. The Kier molecular flexibility index (Phi) is 5.71. The van der Waals surface area contributed by atoms with E-state index in [-0.39, 0.29) is 11.8 Å². The summed E-state index contributed by atoms with van der Waals surface area (Å²) in [6.45, 7) is 10.3.